The molecular weight excluding hydrogens is 302 g/mol. The van der Waals surface area contributed by atoms with Gasteiger partial charge >= 0.3 is 0 Å². The Morgan fingerprint density at radius 1 is 0.579 bits per heavy atom. The van der Waals surface area contributed by atoms with E-state index in [1.165, 1.54) is 0 Å². The summed E-state index contributed by atoms with van der Waals surface area (Å²) in [5.41, 5.74) is 1.95. The minimum absolute atomic E-state index is 0.542. The van der Waals surface area contributed by atoms with Crippen molar-refractivity contribution in [3.8, 4) is 22.8 Å². The van der Waals surface area contributed by atoms with Crippen molar-refractivity contribution in [3.63, 3.8) is 0 Å². The van der Waals surface area contributed by atoms with Gasteiger partial charge in [0.15, 0.2) is 11.6 Å². The Bertz CT molecular complexity index is 627. The topological polar surface area (TPSA) is 38.7 Å². The minimum atomic E-state index is 0.542. The van der Waals surface area contributed by atoms with Crippen molar-refractivity contribution < 1.29 is 0 Å². The molecule has 3 nitrogen and oxygen atoms in total. The number of hydrogen-bond donors (Lipinski definition) is 0. The van der Waals surface area contributed by atoms with Crippen LogP contribution in [0.5, 0.6) is 0 Å². The monoisotopic (exact) mass is 311 g/mol. The summed E-state index contributed by atoms with van der Waals surface area (Å²) in [4.78, 5) is 13.2. The molecule has 0 aliphatic rings. The SMILES string of the molecule is Brc1nc(-c2ccccc2)nc(-c2ccccc2)n1. The van der Waals surface area contributed by atoms with E-state index in [4.69, 9.17) is 0 Å². The Morgan fingerprint density at radius 2 is 1.00 bits per heavy atom. The molecule has 92 valence electrons. The highest BCUT2D eigenvalue weighted by molar-refractivity contribution is 9.10. The van der Waals surface area contributed by atoms with Crippen molar-refractivity contribution >= 4 is 15.9 Å². The fraction of sp³-hybridized carbons (Fsp3) is 0. The summed E-state index contributed by atoms with van der Waals surface area (Å²) in [6.45, 7) is 0. The zero-order valence-electron chi connectivity index (χ0n) is 9.99. The van der Waals surface area contributed by atoms with E-state index >= 15 is 0 Å². The Hall–Kier alpha value is -2.07. The molecule has 0 atom stereocenters. The molecule has 0 N–H and O–H groups in total. The van der Waals surface area contributed by atoms with E-state index in [2.05, 4.69) is 30.9 Å². The fourth-order valence-electron chi connectivity index (χ4n) is 1.78. The normalized spacial score (nSPS) is 10.4. The van der Waals surface area contributed by atoms with Crippen LogP contribution in [-0.4, -0.2) is 15.0 Å². The van der Waals surface area contributed by atoms with Gasteiger partial charge in [-0.15, -0.1) is 0 Å². The Morgan fingerprint density at radius 3 is 1.42 bits per heavy atom. The van der Waals surface area contributed by atoms with Crippen LogP contribution in [0, 0.1) is 0 Å². The van der Waals surface area contributed by atoms with Crippen LogP contribution >= 0.6 is 15.9 Å². The highest BCUT2D eigenvalue weighted by Crippen LogP contribution is 2.21. The lowest BCUT2D eigenvalue weighted by Crippen LogP contribution is -1.97. The Kier molecular flexibility index (Phi) is 3.33. The van der Waals surface area contributed by atoms with Gasteiger partial charge in [0.1, 0.15) is 0 Å². The molecular formula is C15H10BrN3. The van der Waals surface area contributed by atoms with E-state index in [-0.39, 0.29) is 0 Å². The molecule has 3 aromatic rings. The van der Waals surface area contributed by atoms with Crippen molar-refractivity contribution in [3.05, 3.63) is 65.4 Å². The van der Waals surface area contributed by atoms with E-state index in [9.17, 15) is 0 Å². The molecule has 0 fully saturated rings. The van der Waals surface area contributed by atoms with Crippen molar-refractivity contribution in [2.24, 2.45) is 0 Å². The molecule has 1 aromatic heterocycles. The van der Waals surface area contributed by atoms with Crippen molar-refractivity contribution in [2.75, 3.05) is 0 Å². The van der Waals surface area contributed by atoms with Gasteiger partial charge in [-0.05, 0) is 15.9 Å². The first-order valence-corrected chi connectivity index (χ1v) is 6.64. The molecule has 0 aliphatic carbocycles. The van der Waals surface area contributed by atoms with Gasteiger partial charge in [-0.3, -0.25) is 0 Å². The Balaban J connectivity index is 2.12. The third-order valence-electron chi connectivity index (χ3n) is 2.67. The first-order chi connectivity index (χ1) is 9.33. The number of hydrogen-bond acceptors (Lipinski definition) is 3. The van der Waals surface area contributed by atoms with Gasteiger partial charge in [-0.1, -0.05) is 60.7 Å². The standard InChI is InChI=1S/C15H10BrN3/c16-15-18-13(11-7-3-1-4-8-11)17-14(19-15)12-9-5-2-6-10-12/h1-10H. The maximum atomic E-state index is 4.52. The smallest absolute Gasteiger partial charge is 0.200 e. The lowest BCUT2D eigenvalue weighted by molar-refractivity contribution is 1.03. The molecule has 1 heterocycles. The predicted octanol–water partition coefficient (Wildman–Crippen LogP) is 3.97. The van der Waals surface area contributed by atoms with Gasteiger partial charge in [0.25, 0.3) is 0 Å². The molecule has 0 spiro atoms. The summed E-state index contributed by atoms with van der Waals surface area (Å²) in [6, 6.07) is 19.7. The van der Waals surface area contributed by atoms with Crippen molar-refractivity contribution in [1.82, 2.24) is 15.0 Å². The van der Waals surface area contributed by atoms with Gasteiger partial charge in [-0.2, -0.15) is 0 Å². The average Bonchev–Trinajstić information content (AvgIpc) is 2.48. The predicted molar refractivity (Wildman–Crippen MR) is 78.4 cm³/mol. The average molecular weight is 312 g/mol. The van der Waals surface area contributed by atoms with Crippen LogP contribution < -0.4 is 0 Å². The molecule has 0 aliphatic heterocycles. The lowest BCUT2D eigenvalue weighted by Gasteiger charge is -2.04. The summed E-state index contributed by atoms with van der Waals surface area (Å²) >= 11 is 3.35. The summed E-state index contributed by atoms with van der Waals surface area (Å²) in [6.07, 6.45) is 0. The second-order valence-corrected chi connectivity index (χ2v) is 4.69. The van der Waals surface area contributed by atoms with E-state index in [0.717, 1.165) is 11.1 Å². The zero-order valence-corrected chi connectivity index (χ0v) is 11.6. The van der Waals surface area contributed by atoms with Gasteiger partial charge < -0.3 is 0 Å². The molecule has 4 heteroatoms. The quantitative estimate of drug-likeness (QED) is 0.719. The fourth-order valence-corrected chi connectivity index (χ4v) is 2.12. The molecule has 0 saturated heterocycles. The molecule has 2 aromatic carbocycles. The number of benzene rings is 2. The van der Waals surface area contributed by atoms with Crippen LogP contribution in [0.3, 0.4) is 0 Å². The summed E-state index contributed by atoms with van der Waals surface area (Å²) in [5, 5.41) is 0. The van der Waals surface area contributed by atoms with Crippen LogP contribution in [0.2, 0.25) is 0 Å². The lowest BCUT2D eigenvalue weighted by atomic mass is 10.2. The highest BCUT2D eigenvalue weighted by atomic mass is 79.9. The van der Waals surface area contributed by atoms with Gasteiger partial charge in [0, 0.05) is 11.1 Å². The summed E-state index contributed by atoms with van der Waals surface area (Å²) < 4.78 is 0.542. The molecule has 0 radical (unpaired) electrons. The number of aromatic nitrogens is 3. The van der Waals surface area contributed by atoms with E-state index < -0.39 is 0 Å². The maximum Gasteiger partial charge on any atom is 0.200 e. The first kappa shape index (κ1) is 12.0. The molecule has 0 unspecified atom stereocenters. The molecule has 19 heavy (non-hydrogen) atoms. The zero-order chi connectivity index (χ0) is 13.1. The number of nitrogens with zero attached hydrogens (tertiary/aromatic N) is 3. The van der Waals surface area contributed by atoms with Crippen LogP contribution in [0.1, 0.15) is 0 Å². The summed E-state index contributed by atoms with van der Waals surface area (Å²) in [7, 11) is 0. The molecule has 0 amide bonds. The van der Waals surface area contributed by atoms with Gasteiger partial charge in [0.05, 0.1) is 0 Å². The Labute approximate surface area is 119 Å². The van der Waals surface area contributed by atoms with E-state index in [1.807, 2.05) is 60.7 Å². The minimum Gasteiger partial charge on any atom is -0.208 e. The number of halogens is 1. The first-order valence-electron chi connectivity index (χ1n) is 5.85. The van der Waals surface area contributed by atoms with E-state index in [1.54, 1.807) is 0 Å². The van der Waals surface area contributed by atoms with E-state index in [0.29, 0.717) is 16.4 Å². The van der Waals surface area contributed by atoms with Crippen LogP contribution in [0.25, 0.3) is 22.8 Å². The largest absolute Gasteiger partial charge is 0.208 e. The van der Waals surface area contributed by atoms with Crippen molar-refractivity contribution in [1.29, 1.82) is 0 Å². The molecule has 3 rings (SSSR count). The third-order valence-corrected chi connectivity index (χ3v) is 3.03. The second-order valence-electron chi connectivity index (χ2n) is 3.98. The number of rotatable bonds is 2. The van der Waals surface area contributed by atoms with Gasteiger partial charge in [-0.25, -0.2) is 15.0 Å². The summed E-state index contributed by atoms with van der Waals surface area (Å²) in [5.74, 6) is 1.34. The van der Waals surface area contributed by atoms with Crippen LogP contribution in [-0.2, 0) is 0 Å². The molecule has 0 bridgehead atoms. The second kappa shape index (κ2) is 5.28. The maximum absolute atomic E-state index is 4.52. The third kappa shape index (κ3) is 2.69. The molecule has 0 saturated carbocycles. The van der Waals surface area contributed by atoms with Gasteiger partial charge in [0.2, 0.25) is 4.73 Å². The van der Waals surface area contributed by atoms with Crippen LogP contribution in [0.4, 0.5) is 0 Å². The van der Waals surface area contributed by atoms with Crippen LogP contribution in [0.15, 0.2) is 65.4 Å². The van der Waals surface area contributed by atoms with Crippen molar-refractivity contribution in [2.45, 2.75) is 0 Å². The highest BCUT2D eigenvalue weighted by Gasteiger charge is 2.08.